The Morgan fingerprint density at radius 3 is 2.49 bits per heavy atom. The first kappa shape index (κ1) is 24.1. The summed E-state index contributed by atoms with van der Waals surface area (Å²) in [5.41, 5.74) is 2.86. The molecule has 35 heavy (non-hydrogen) atoms. The summed E-state index contributed by atoms with van der Waals surface area (Å²) in [7, 11) is 0. The van der Waals surface area contributed by atoms with Crippen LogP contribution >= 0.6 is 0 Å². The monoisotopic (exact) mass is 476 g/mol. The van der Waals surface area contributed by atoms with Gasteiger partial charge in [-0.1, -0.05) is 18.2 Å². The Bertz CT molecular complexity index is 1480. The van der Waals surface area contributed by atoms with Crippen molar-refractivity contribution in [3.63, 3.8) is 0 Å². The Morgan fingerprint density at radius 1 is 1.06 bits per heavy atom. The van der Waals surface area contributed by atoms with Crippen LogP contribution in [-0.4, -0.2) is 27.0 Å². The summed E-state index contributed by atoms with van der Waals surface area (Å²) >= 11 is 0. The number of benzene rings is 3. The van der Waals surface area contributed by atoms with Gasteiger partial charge in [-0.15, -0.1) is 0 Å². The molecule has 180 valence electrons. The molecule has 3 aromatic carbocycles. The summed E-state index contributed by atoms with van der Waals surface area (Å²) < 4.78 is 29.0. The fourth-order valence-corrected chi connectivity index (χ4v) is 4.05. The zero-order valence-corrected chi connectivity index (χ0v) is 20.0. The maximum atomic E-state index is 14.2. The summed E-state index contributed by atoms with van der Waals surface area (Å²) in [5.74, 6) is -1.24. The van der Waals surface area contributed by atoms with E-state index in [-0.39, 0.29) is 17.8 Å². The van der Waals surface area contributed by atoms with Crippen molar-refractivity contribution in [3.8, 4) is 5.69 Å². The molecule has 1 aromatic heterocycles. The van der Waals surface area contributed by atoms with Crippen LogP contribution in [0.2, 0.25) is 0 Å². The molecule has 1 N–H and O–H groups in total. The maximum Gasteiger partial charge on any atom is 0.322 e. The van der Waals surface area contributed by atoms with E-state index in [1.54, 1.807) is 38.1 Å². The number of urea groups is 1. The molecule has 1 atom stereocenters. The van der Waals surface area contributed by atoms with E-state index in [2.05, 4.69) is 5.32 Å². The smallest absolute Gasteiger partial charge is 0.315 e. The number of para-hydroxylation sites is 1. The molecule has 0 fully saturated rings. The highest BCUT2D eigenvalue weighted by atomic mass is 19.1. The van der Waals surface area contributed by atoms with Gasteiger partial charge in [-0.3, -0.25) is 9.36 Å². The lowest BCUT2D eigenvalue weighted by molar-refractivity contribution is 0.193. The van der Waals surface area contributed by atoms with Crippen molar-refractivity contribution in [2.24, 2.45) is 0 Å². The van der Waals surface area contributed by atoms with Gasteiger partial charge in [-0.05, 0) is 75.2 Å². The first-order valence-electron chi connectivity index (χ1n) is 11.3. The maximum absolute atomic E-state index is 14.2. The number of halogens is 2. The fourth-order valence-electron chi connectivity index (χ4n) is 4.05. The van der Waals surface area contributed by atoms with Crippen LogP contribution in [0.15, 0.2) is 65.5 Å². The molecular formula is C27H26F2N4O2. The molecule has 0 saturated carbocycles. The number of aryl methyl sites for hydroxylation is 2. The Balaban J connectivity index is 1.82. The number of carbonyl (C=O) groups excluding carboxylic acids is 1. The van der Waals surface area contributed by atoms with Crippen molar-refractivity contribution >= 4 is 22.6 Å². The van der Waals surface area contributed by atoms with Crippen LogP contribution in [0.4, 0.5) is 19.3 Å². The highest BCUT2D eigenvalue weighted by molar-refractivity contribution is 5.89. The van der Waals surface area contributed by atoms with Gasteiger partial charge in [0, 0.05) is 12.6 Å². The number of hydrogen-bond donors (Lipinski definition) is 1. The average molecular weight is 477 g/mol. The summed E-state index contributed by atoms with van der Waals surface area (Å²) in [6.07, 6.45) is 0. The van der Waals surface area contributed by atoms with Gasteiger partial charge in [0.1, 0.15) is 17.5 Å². The summed E-state index contributed by atoms with van der Waals surface area (Å²) in [6.45, 7) is 7.74. The zero-order chi connectivity index (χ0) is 25.3. The molecule has 1 unspecified atom stereocenters. The van der Waals surface area contributed by atoms with Crippen molar-refractivity contribution in [2.45, 2.75) is 33.7 Å². The third-order valence-corrected chi connectivity index (χ3v) is 6.17. The van der Waals surface area contributed by atoms with E-state index >= 15 is 0 Å². The number of rotatable bonds is 5. The van der Waals surface area contributed by atoms with Crippen molar-refractivity contribution in [3.05, 3.63) is 99.6 Å². The van der Waals surface area contributed by atoms with E-state index in [0.717, 1.165) is 17.2 Å². The fraction of sp³-hybridized carbons (Fsp3) is 0.222. The summed E-state index contributed by atoms with van der Waals surface area (Å²) in [5, 5.41) is 2.96. The lowest BCUT2D eigenvalue weighted by Gasteiger charge is -2.29. The van der Waals surface area contributed by atoms with Crippen molar-refractivity contribution in [2.75, 3.05) is 11.9 Å². The van der Waals surface area contributed by atoms with Crippen LogP contribution < -0.4 is 10.9 Å². The average Bonchev–Trinajstić information content (AvgIpc) is 2.83. The molecule has 8 heteroatoms. The van der Waals surface area contributed by atoms with Crippen LogP contribution in [0.3, 0.4) is 0 Å². The third-order valence-electron chi connectivity index (χ3n) is 6.17. The van der Waals surface area contributed by atoms with Crippen LogP contribution in [0, 0.1) is 25.5 Å². The van der Waals surface area contributed by atoms with Gasteiger partial charge >= 0.3 is 6.03 Å². The number of amides is 2. The largest absolute Gasteiger partial charge is 0.322 e. The van der Waals surface area contributed by atoms with Gasteiger partial charge in [0.2, 0.25) is 0 Å². The molecule has 6 nitrogen and oxygen atoms in total. The Morgan fingerprint density at radius 2 is 1.80 bits per heavy atom. The number of hydrogen-bond acceptors (Lipinski definition) is 3. The Labute approximate surface area is 201 Å². The second kappa shape index (κ2) is 9.66. The van der Waals surface area contributed by atoms with E-state index in [9.17, 15) is 18.4 Å². The molecule has 0 saturated heterocycles. The molecule has 2 amide bonds. The zero-order valence-electron chi connectivity index (χ0n) is 20.0. The van der Waals surface area contributed by atoms with E-state index < -0.39 is 23.7 Å². The lowest BCUT2D eigenvalue weighted by Crippen LogP contribution is -2.40. The Hall–Kier alpha value is -4.07. The quantitative estimate of drug-likeness (QED) is 0.390. The van der Waals surface area contributed by atoms with Crippen LogP contribution in [0.25, 0.3) is 16.6 Å². The molecule has 0 aliphatic carbocycles. The molecular weight excluding hydrogens is 450 g/mol. The minimum atomic E-state index is -0.877. The van der Waals surface area contributed by atoms with Crippen molar-refractivity contribution in [1.82, 2.24) is 14.5 Å². The number of anilines is 1. The lowest BCUT2D eigenvalue weighted by atomic mass is 10.1. The highest BCUT2D eigenvalue weighted by Gasteiger charge is 2.26. The van der Waals surface area contributed by atoms with E-state index in [1.807, 2.05) is 32.0 Å². The van der Waals surface area contributed by atoms with Crippen molar-refractivity contribution < 1.29 is 13.6 Å². The minimum Gasteiger partial charge on any atom is -0.315 e. The van der Waals surface area contributed by atoms with Gasteiger partial charge in [0.25, 0.3) is 5.56 Å². The standard InChI is InChI=1S/C27H26F2N4O2/c1-5-32(27(35)31-24-13-11-19(28)15-22(24)29)18(4)25-30-23-9-7-6-8-21(23)26(34)33(25)20-12-10-16(2)17(3)14-20/h6-15,18H,5H2,1-4H3,(H,31,35). The summed E-state index contributed by atoms with van der Waals surface area (Å²) in [6, 6.07) is 14.4. The molecule has 0 spiro atoms. The van der Waals surface area contributed by atoms with Gasteiger partial charge in [0.15, 0.2) is 0 Å². The first-order valence-corrected chi connectivity index (χ1v) is 11.3. The molecule has 0 aliphatic heterocycles. The normalized spacial score (nSPS) is 11.9. The molecule has 4 rings (SSSR count). The summed E-state index contributed by atoms with van der Waals surface area (Å²) in [4.78, 5) is 33.0. The topological polar surface area (TPSA) is 67.2 Å². The molecule has 4 aromatic rings. The number of carbonyl (C=O) groups is 1. The molecule has 0 radical (unpaired) electrons. The van der Waals surface area contributed by atoms with Crippen LogP contribution in [0.1, 0.15) is 36.8 Å². The second-order valence-electron chi connectivity index (χ2n) is 8.41. The van der Waals surface area contributed by atoms with Gasteiger partial charge in [-0.2, -0.15) is 0 Å². The number of fused-ring (bicyclic) bond motifs is 1. The molecule has 0 bridgehead atoms. The van der Waals surface area contributed by atoms with Crippen molar-refractivity contribution in [1.29, 1.82) is 0 Å². The predicted molar refractivity (Wildman–Crippen MR) is 133 cm³/mol. The Kier molecular flexibility index (Phi) is 6.64. The van der Waals surface area contributed by atoms with Gasteiger partial charge in [-0.25, -0.2) is 18.6 Å². The minimum absolute atomic E-state index is 0.139. The highest BCUT2D eigenvalue weighted by Crippen LogP contribution is 2.25. The second-order valence-corrected chi connectivity index (χ2v) is 8.41. The number of nitrogens with zero attached hydrogens (tertiary/aromatic N) is 3. The third kappa shape index (κ3) is 4.64. The number of nitrogens with one attached hydrogen (secondary N) is 1. The first-order chi connectivity index (χ1) is 16.7. The number of aromatic nitrogens is 2. The van der Waals surface area contributed by atoms with Crippen LogP contribution in [0.5, 0.6) is 0 Å². The van der Waals surface area contributed by atoms with E-state index in [1.165, 1.54) is 15.5 Å². The van der Waals surface area contributed by atoms with E-state index in [4.69, 9.17) is 4.98 Å². The molecule has 0 aliphatic rings. The van der Waals surface area contributed by atoms with Gasteiger partial charge < -0.3 is 10.2 Å². The van der Waals surface area contributed by atoms with E-state index in [0.29, 0.717) is 28.5 Å². The van der Waals surface area contributed by atoms with Crippen LogP contribution in [-0.2, 0) is 0 Å². The molecule has 1 heterocycles. The van der Waals surface area contributed by atoms with Gasteiger partial charge in [0.05, 0.1) is 28.3 Å². The predicted octanol–water partition coefficient (Wildman–Crippen LogP) is 5.90. The SMILES string of the molecule is CCN(C(=O)Nc1ccc(F)cc1F)C(C)c1nc2ccccc2c(=O)n1-c1ccc(C)c(C)c1.